The fourth-order valence-electron chi connectivity index (χ4n) is 2.01. The molecule has 0 aliphatic carbocycles. The van der Waals surface area contributed by atoms with Gasteiger partial charge < -0.3 is 5.73 Å². The van der Waals surface area contributed by atoms with Crippen molar-refractivity contribution in [1.82, 2.24) is 5.01 Å². The van der Waals surface area contributed by atoms with Crippen molar-refractivity contribution in [2.24, 2.45) is 5.73 Å². The summed E-state index contributed by atoms with van der Waals surface area (Å²) in [5, 5.41) is 3.38. The van der Waals surface area contributed by atoms with Crippen molar-refractivity contribution in [3.8, 4) is 0 Å². The zero-order chi connectivity index (χ0) is 12.4. The predicted molar refractivity (Wildman–Crippen MR) is 63.7 cm³/mol. The normalized spacial score (nSPS) is 18.8. The number of hydrogen-bond acceptors (Lipinski definition) is 3. The molecule has 0 aromatic heterocycles. The van der Waals surface area contributed by atoms with Gasteiger partial charge in [-0.1, -0.05) is 6.07 Å². The van der Waals surface area contributed by atoms with Crippen molar-refractivity contribution in [1.29, 1.82) is 0 Å². The Morgan fingerprint density at radius 1 is 1.53 bits per heavy atom. The van der Waals surface area contributed by atoms with Gasteiger partial charge in [-0.2, -0.15) is 0 Å². The lowest BCUT2D eigenvalue weighted by atomic mass is 10.3. The van der Waals surface area contributed by atoms with Gasteiger partial charge >= 0.3 is 0 Å². The van der Waals surface area contributed by atoms with E-state index in [-0.39, 0.29) is 17.8 Å². The maximum atomic E-state index is 13.2. The van der Waals surface area contributed by atoms with Crippen LogP contribution in [0.25, 0.3) is 0 Å². The van der Waals surface area contributed by atoms with E-state index in [1.165, 1.54) is 17.1 Å². The molecule has 92 valence electrons. The van der Waals surface area contributed by atoms with Crippen LogP contribution in [0.2, 0.25) is 0 Å². The second-order valence-corrected chi connectivity index (χ2v) is 4.33. The lowest BCUT2D eigenvalue weighted by molar-refractivity contribution is -0.118. The molecule has 1 unspecified atom stereocenters. The molecule has 2 N–H and O–H groups in total. The molecule has 17 heavy (non-hydrogen) atoms. The number of carbonyl (C=O) groups is 1. The molecular formula is C12H16FN3O. The quantitative estimate of drug-likeness (QED) is 0.857. The number of halogens is 1. The molecule has 1 atom stereocenters. The third-order valence-corrected chi connectivity index (χ3v) is 2.65. The number of nitrogens with two attached hydrogens (primary N) is 1. The van der Waals surface area contributed by atoms with Crippen LogP contribution in [0, 0.1) is 5.82 Å². The van der Waals surface area contributed by atoms with Crippen LogP contribution >= 0.6 is 0 Å². The van der Waals surface area contributed by atoms with Crippen LogP contribution in [0.5, 0.6) is 0 Å². The number of benzene rings is 1. The Kier molecular flexibility index (Phi) is 3.40. The average molecular weight is 237 g/mol. The number of nitrogens with zero attached hydrogens (tertiary/aromatic N) is 2. The van der Waals surface area contributed by atoms with Crippen LogP contribution in [0.3, 0.4) is 0 Å². The van der Waals surface area contributed by atoms with Gasteiger partial charge in [0.15, 0.2) is 0 Å². The first-order valence-electron chi connectivity index (χ1n) is 5.67. The lowest BCUT2D eigenvalue weighted by Gasteiger charge is -2.29. The van der Waals surface area contributed by atoms with E-state index in [1.54, 1.807) is 12.1 Å². The molecule has 1 aromatic carbocycles. The third-order valence-electron chi connectivity index (χ3n) is 2.65. The second kappa shape index (κ2) is 4.81. The first-order valence-corrected chi connectivity index (χ1v) is 5.67. The van der Waals surface area contributed by atoms with Gasteiger partial charge in [0.1, 0.15) is 5.82 Å². The van der Waals surface area contributed by atoms with Gasteiger partial charge in [0.05, 0.1) is 5.69 Å². The highest BCUT2D eigenvalue weighted by molar-refractivity contribution is 5.94. The Labute approximate surface area is 99.8 Å². The third kappa shape index (κ3) is 2.62. The van der Waals surface area contributed by atoms with E-state index >= 15 is 0 Å². The van der Waals surface area contributed by atoms with E-state index in [2.05, 4.69) is 0 Å². The molecule has 0 bridgehead atoms. The van der Waals surface area contributed by atoms with Crippen LogP contribution in [-0.2, 0) is 4.79 Å². The van der Waals surface area contributed by atoms with Crippen molar-refractivity contribution in [2.75, 3.05) is 18.1 Å². The Bertz CT molecular complexity index is 422. The van der Waals surface area contributed by atoms with Gasteiger partial charge in [-0.25, -0.2) is 14.4 Å². The summed E-state index contributed by atoms with van der Waals surface area (Å²) in [4.78, 5) is 11.8. The summed E-state index contributed by atoms with van der Waals surface area (Å²) in [5.74, 6) is -0.362. The summed E-state index contributed by atoms with van der Waals surface area (Å²) in [5.41, 5.74) is 6.30. The fraction of sp³-hybridized carbons (Fsp3) is 0.417. The Morgan fingerprint density at radius 2 is 2.29 bits per heavy atom. The monoisotopic (exact) mass is 237 g/mol. The largest absolute Gasteiger partial charge is 0.327 e. The van der Waals surface area contributed by atoms with Crippen molar-refractivity contribution in [3.05, 3.63) is 30.1 Å². The zero-order valence-electron chi connectivity index (χ0n) is 9.77. The highest BCUT2D eigenvalue weighted by atomic mass is 19.1. The van der Waals surface area contributed by atoms with Gasteiger partial charge in [-0.15, -0.1) is 0 Å². The molecule has 1 aliphatic heterocycles. The molecule has 1 fully saturated rings. The number of anilines is 1. The number of amides is 1. The minimum Gasteiger partial charge on any atom is -0.327 e. The molecule has 4 nitrogen and oxygen atoms in total. The minimum atomic E-state index is -0.344. The zero-order valence-corrected chi connectivity index (χ0v) is 9.77. The molecular weight excluding hydrogens is 221 g/mol. The van der Waals surface area contributed by atoms with Crippen LogP contribution in [0.4, 0.5) is 10.1 Å². The maximum absolute atomic E-state index is 13.2. The van der Waals surface area contributed by atoms with Crippen LogP contribution in [-0.4, -0.2) is 30.0 Å². The molecule has 5 heteroatoms. The van der Waals surface area contributed by atoms with Gasteiger partial charge in [0.25, 0.3) is 0 Å². The summed E-state index contributed by atoms with van der Waals surface area (Å²) in [6, 6.07) is 6.01. The van der Waals surface area contributed by atoms with Gasteiger partial charge in [0, 0.05) is 25.6 Å². The SMILES string of the molecule is CC(N)CN1CCC(=O)N1c1cccc(F)c1. The van der Waals surface area contributed by atoms with Crippen molar-refractivity contribution in [2.45, 2.75) is 19.4 Å². The molecule has 1 aliphatic rings. The molecule has 0 saturated carbocycles. The number of carbonyl (C=O) groups excluding carboxylic acids is 1. The highest BCUT2D eigenvalue weighted by Crippen LogP contribution is 2.23. The summed E-state index contributed by atoms with van der Waals surface area (Å²) in [6.45, 7) is 3.10. The molecule has 0 spiro atoms. The molecule has 1 aromatic rings. The van der Waals surface area contributed by atoms with E-state index in [0.29, 0.717) is 25.2 Å². The van der Waals surface area contributed by atoms with E-state index in [4.69, 9.17) is 5.73 Å². The lowest BCUT2D eigenvalue weighted by Crippen LogP contribution is -2.44. The van der Waals surface area contributed by atoms with Crippen molar-refractivity contribution in [3.63, 3.8) is 0 Å². The van der Waals surface area contributed by atoms with E-state index in [0.717, 1.165) is 0 Å². The number of rotatable bonds is 3. The average Bonchev–Trinajstić information content (AvgIpc) is 2.59. The molecule has 1 amide bonds. The Morgan fingerprint density at radius 3 is 2.94 bits per heavy atom. The van der Waals surface area contributed by atoms with E-state index < -0.39 is 0 Å². The predicted octanol–water partition coefficient (Wildman–Crippen LogP) is 1.13. The van der Waals surface area contributed by atoms with E-state index in [1.807, 2.05) is 11.9 Å². The summed E-state index contributed by atoms with van der Waals surface area (Å²) in [7, 11) is 0. The molecule has 2 rings (SSSR count). The number of hydrogen-bond donors (Lipinski definition) is 1. The maximum Gasteiger partial charge on any atom is 0.242 e. The van der Waals surface area contributed by atoms with Gasteiger partial charge in [-0.05, 0) is 25.1 Å². The van der Waals surface area contributed by atoms with Crippen molar-refractivity contribution < 1.29 is 9.18 Å². The van der Waals surface area contributed by atoms with E-state index in [9.17, 15) is 9.18 Å². The Hall–Kier alpha value is -1.46. The second-order valence-electron chi connectivity index (χ2n) is 4.33. The topological polar surface area (TPSA) is 49.6 Å². The molecule has 1 heterocycles. The first kappa shape index (κ1) is 12.0. The minimum absolute atomic E-state index is 0.0174. The van der Waals surface area contributed by atoms with Crippen LogP contribution in [0.1, 0.15) is 13.3 Å². The highest BCUT2D eigenvalue weighted by Gasteiger charge is 2.30. The van der Waals surface area contributed by atoms with Gasteiger partial charge in [0.2, 0.25) is 5.91 Å². The first-order chi connectivity index (χ1) is 8.08. The molecule has 1 saturated heterocycles. The summed E-state index contributed by atoms with van der Waals surface area (Å²) >= 11 is 0. The number of hydrazine groups is 1. The summed E-state index contributed by atoms with van der Waals surface area (Å²) < 4.78 is 13.2. The van der Waals surface area contributed by atoms with Crippen molar-refractivity contribution >= 4 is 11.6 Å². The van der Waals surface area contributed by atoms with Gasteiger partial charge in [-0.3, -0.25) is 4.79 Å². The Balaban J connectivity index is 2.24. The fourth-order valence-corrected chi connectivity index (χ4v) is 2.01. The standard InChI is InChI=1S/C12H16FN3O/c1-9(14)8-15-6-5-12(17)16(15)11-4-2-3-10(13)7-11/h2-4,7,9H,5-6,8,14H2,1H3. The van der Waals surface area contributed by atoms with Crippen LogP contribution in [0.15, 0.2) is 24.3 Å². The van der Waals surface area contributed by atoms with Crippen LogP contribution < -0.4 is 10.7 Å². The summed E-state index contributed by atoms with van der Waals surface area (Å²) in [6.07, 6.45) is 0.448. The molecule has 0 radical (unpaired) electrons. The smallest absolute Gasteiger partial charge is 0.242 e.